The Kier molecular flexibility index (Phi) is 8.71. The minimum Gasteiger partial charge on any atom is -0.375 e. The van der Waals surface area contributed by atoms with E-state index in [9.17, 15) is 14.4 Å². The Bertz CT molecular complexity index is 1840. The number of pyridine rings is 2. The lowest BCUT2D eigenvalue weighted by atomic mass is 10.0. The summed E-state index contributed by atoms with van der Waals surface area (Å²) in [6.07, 6.45) is 2.93. The molecule has 0 aliphatic carbocycles. The van der Waals surface area contributed by atoms with Gasteiger partial charge in [-0.2, -0.15) is 5.26 Å². The summed E-state index contributed by atoms with van der Waals surface area (Å²) < 4.78 is 30.0. The van der Waals surface area contributed by atoms with Gasteiger partial charge in [0.1, 0.15) is 23.6 Å². The fourth-order valence-electron chi connectivity index (χ4n) is 5.14. The molecule has 1 fully saturated rings. The average molecular weight is 618 g/mol. The molecule has 5 rings (SSSR count). The third kappa shape index (κ3) is 6.01. The van der Waals surface area contributed by atoms with Gasteiger partial charge in [-0.05, 0) is 44.5 Å². The number of carbonyl (C=O) groups is 1. The van der Waals surface area contributed by atoms with Crippen LogP contribution in [0.5, 0.6) is 0 Å². The highest BCUT2D eigenvalue weighted by molar-refractivity contribution is 6.35. The number of nitriles is 1. The van der Waals surface area contributed by atoms with Crippen LogP contribution in [0.4, 0.5) is 20.4 Å². The lowest BCUT2D eigenvalue weighted by Crippen LogP contribution is -2.55. The van der Waals surface area contributed by atoms with Crippen molar-refractivity contribution in [2.75, 3.05) is 36.4 Å². The van der Waals surface area contributed by atoms with Crippen LogP contribution in [0.25, 0.3) is 32.7 Å². The molecule has 2 atom stereocenters. The lowest BCUT2D eigenvalue weighted by Gasteiger charge is -2.39. The summed E-state index contributed by atoms with van der Waals surface area (Å²) in [4.78, 5) is 36.3. The second kappa shape index (κ2) is 12.6. The molecule has 1 aliphatic heterocycles. The number of fused-ring (bicyclic) bond motifs is 1. The van der Waals surface area contributed by atoms with Crippen molar-refractivity contribution in [3.05, 3.63) is 80.6 Å². The smallest absolute Gasteiger partial charge is 0.228 e. The predicted octanol–water partition coefficient (Wildman–Crippen LogP) is 5.72. The minimum absolute atomic E-state index is 0.0269. The molecule has 3 aromatic heterocycles. The zero-order valence-electron chi connectivity index (χ0n) is 24.0. The largest absolute Gasteiger partial charge is 0.375 e. The van der Waals surface area contributed by atoms with Crippen molar-refractivity contribution in [2.45, 2.75) is 32.9 Å². The molecule has 1 amide bonds. The number of hydrogen-bond acceptors (Lipinski definition) is 9. The summed E-state index contributed by atoms with van der Waals surface area (Å²) in [5.74, 6) is -0.988. The quantitative estimate of drug-likeness (QED) is 0.156. The molecule has 12 nitrogen and oxygen atoms in total. The Morgan fingerprint density at radius 1 is 1.25 bits per heavy atom. The maximum absolute atomic E-state index is 15.4. The number of aromatic nitrogens is 4. The van der Waals surface area contributed by atoms with E-state index in [1.807, 2.05) is 17.9 Å². The van der Waals surface area contributed by atoms with Crippen LogP contribution in [-0.4, -0.2) is 63.0 Å². The number of piperazine rings is 1. The molecule has 4 heterocycles. The summed E-state index contributed by atoms with van der Waals surface area (Å²) in [7, 11) is 0. The van der Waals surface area contributed by atoms with Gasteiger partial charge in [-0.1, -0.05) is 16.7 Å². The SMILES string of the molecule is Cc1nc2cc(F)c(-c3cnc(N4CCN(C(=O)CN=[N+]=[N-])C(C)C4)nc3)nc2c(NC(C)c2cc(C#N)ccc2F)c1Cl. The number of hydrogen-bond donors (Lipinski definition) is 1. The number of azide groups is 1. The van der Waals surface area contributed by atoms with E-state index in [0.29, 0.717) is 48.1 Å². The Morgan fingerprint density at radius 2 is 2.00 bits per heavy atom. The van der Waals surface area contributed by atoms with E-state index >= 15 is 4.39 Å². The number of nitrogens with zero attached hydrogens (tertiary/aromatic N) is 10. The highest BCUT2D eigenvalue weighted by atomic mass is 35.5. The molecule has 0 saturated carbocycles. The second-order valence-electron chi connectivity index (χ2n) is 10.3. The van der Waals surface area contributed by atoms with Crippen LogP contribution in [0.3, 0.4) is 0 Å². The van der Waals surface area contributed by atoms with E-state index < -0.39 is 17.7 Å². The lowest BCUT2D eigenvalue weighted by molar-refractivity contribution is -0.132. The van der Waals surface area contributed by atoms with Crippen molar-refractivity contribution in [1.29, 1.82) is 5.26 Å². The molecule has 1 N–H and O–H groups in total. The van der Waals surface area contributed by atoms with Crippen LogP contribution >= 0.6 is 11.6 Å². The number of aryl methyl sites for hydroxylation is 1. The third-order valence-electron chi connectivity index (χ3n) is 7.38. The molecular weight excluding hydrogens is 592 g/mol. The second-order valence-corrected chi connectivity index (χ2v) is 10.7. The van der Waals surface area contributed by atoms with Crippen molar-refractivity contribution >= 4 is 40.2 Å². The molecule has 15 heteroatoms. The molecule has 4 aromatic rings. The topological polar surface area (TPSA) is 160 Å². The number of nitrogens with one attached hydrogen (secondary N) is 1. The summed E-state index contributed by atoms with van der Waals surface area (Å²) >= 11 is 6.63. The summed E-state index contributed by atoms with van der Waals surface area (Å²) in [6.45, 7) is 6.35. The van der Waals surface area contributed by atoms with Gasteiger partial charge >= 0.3 is 0 Å². The van der Waals surface area contributed by atoms with Crippen LogP contribution < -0.4 is 10.2 Å². The zero-order valence-corrected chi connectivity index (χ0v) is 24.7. The van der Waals surface area contributed by atoms with Crippen molar-refractivity contribution < 1.29 is 13.6 Å². The van der Waals surface area contributed by atoms with Crippen molar-refractivity contribution in [3.8, 4) is 17.3 Å². The Labute approximate surface area is 256 Å². The van der Waals surface area contributed by atoms with Gasteiger partial charge in [-0.25, -0.2) is 28.7 Å². The number of halogens is 3. The first kappa shape index (κ1) is 30.3. The van der Waals surface area contributed by atoms with E-state index in [-0.39, 0.29) is 45.8 Å². The molecular formula is C29H26ClF2N11O. The van der Waals surface area contributed by atoms with Gasteiger partial charge < -0.3 is 15.1 Å². The van der Waals surface area contributed by atoms with Gasteiger partial charge in [0.15, 0.2) is 5.82 Å². The zero-order chi connectivity index (χ0) is 31.5. The number of carbonyl (C=O) groups excluding carboxylic acids is 1. The van der Waals surface area contributed by atoms with Gasteiger partial charge in [0.2, 0.25) is 11.9 Å². The van der Waals surface area contributed by atoms with E-state index in [0.717, 1.165) is 0 Å². The number of rotatable bonds is 7. The molecule has 1 saturated heterocycles. The first-order valence-corrected chi connectivity index (χ1v) is 14.0. The van der Waals surface area contributed by atoms with Gasteiger partial charge in [0, 0.05) is 60.2 Å². The number of amides is 1. The normalized spacial score (nSPS) is 15.4. The van der Waals surface area contributed by atoms with Crippen molar-refractivity contribution in [1.82, 2.24) is 24.8 Å². The molecule has 0 bridgehead atoms. The van der Waals surface area contributed by atoms with Crippen LogP contribution in [0.1, 0.15) is 36.7 Å². The van der Waals surface area contributed by atoms with Crippen LogP contribution in [-0.2, 0) is 4.79 Å². The van der Waals surface area contributed by atoms with E-state index in [1.54, 1.807) is 18.7 Å². The van der Waals surface area contributed by atoms with Crippen molar-refractivity contribution in [2.24, 2.45) is 5.11 Å². The standard InChI is InChI=1S/C29H26ClF2N11O/c1-15-14-42(6-7-43(15)24(44)13-37-41-34)29-35-11-19(12-36-29)26-22(32)9-23-27(40-26)28(25(30)17(3)38-23)39-16(2)20-8-18(10-33)4-5-21(20)31/h4-5,8-9,11-12,15-16H,6-7,13-14H2,1-3H3,(H,38,39). The van der Waals surface area contributed by atoms with Gasteiger partial charge in [0.25, 0.3) is 0 Å². The van der Waals surface area contributed by atoms with Gasteiger partial charge in [0.05, 0.1) is 39.6 Å². The van der Waals surface area contributed by atoms with Gasteiger partial charge in [-0.3, -0.25) is 4.79 Å². The maximum Gasteiger partial charge on any atom is 0.228 e. The Balaban J connectivity index is 1.43. The summed E-state index contributed by atoms with van der Waals surface area (Å²) in [5.41, 5.74) is 10.6. The highest BCUT2D eigenvalue weighted by Crippen LogP contribution is 2.36. The fraction of sp³-hybridized carbons (Fsp3) is 0.310. The molecule has 2 unspecified atom stereocenters. The van der Waals surface area contributed by atoms with Crippen LogP contribution in [0.15, 0.2) is 41.8 Å². The first-order valence-electron chi connectivity index (χ1n) is 13.6. The number of benzene rings is 1. The Morgan fingerprint density at radius 3 is 2.68 bits per heavy atom. The van der Waals surface area contributed by atoms with E-state index in [4.69, 9.17) is 17.1 Å². The predicted molar refractivity (Wildman–Crippen MR) is 161 cm³/mol. The van der Waals surface area contributed by atoms with Crippen LogP contribution in [0, 0.1) is 29.9 Å². The molecule has 0 spiro atoms. The Hall–Kier alpha value is -5.12. The van der Waals surface area contributed by atoms with E-state index in [2.05, 4.69) is 35.3 Å². The van der Waals surface area contributed by atoms with Gasteiger partial charge in [-0.15, -0.1) is 0 Å². The molecule has 0 radical (unpaired) electrons. The highest BCUT2D eigenvalue weighted by Gasteiger charge is 2.28. The fourth-order valence-corrected chi connectivity index (χ4v) is 5.32. The van der Waals surface area contributed by atoms with Crippen LogP contribution in [0.2, 0.25) is 5.02 Å². The summed E-state index contributed by atoms with van der Waals surface area (Å²) in [5, 5.41) is 16.0. The van der Waals surface area contributed by atoms with Crippen molar-refractivity contribution in [3.63, 3.8) is 0 Å². The molecule has 1 aliphatic rings. The minimum atomic E-state index is -0.643. The molecule has 1 aromatic carbocycles. The maximum atomic E-state index is 15.4. The first-order chi connectivity index (χ1) is 21.1. The molecule has 44 heavy (non-hydrogen) atoms. The third-order valence-corrected chi connectivity index (χ3v) is 7.84. The van der Waals surface area contributed by atoms with E-state index in [1.165, 1.54) is 36.7 Å². The number of anilines is 2. The summed E-state index contributed by atoms with van der Waals surface area (Å²) in [6, 6.07) is 6.53. The average Bonchev–Trinajstić information content (AvgIpc) is 3.02. The molecule has 224 valence electrons. The monoisotopic (exact) mass is 617 g/mol.